The van der Waals surface area contributed by atoms with Crippen LogP contribution in [0.5, 0.6) is 0 Å². The first-order valence-electron chi connectivity index (χ1n) is 9.41. The van der Waals surface area contributed by atoms with Gasteiger partial charge in [0.2, 0.25) is 0 Å². The molecule has 1 unspecified atom stereocenters. The van der Waals surface area contributed by atoms with Crippen molar-refractivity contribution in [2.75, 3.05) is 0 Å². The molecule has 0 rings (SSSR count). The highest BCUT2D eigenvalue weighted by Crippen LogP contribution is 2.24. The Hall–Kier alpha value is -0.260. The van der Waals surface area contributed by atoms with Gasteiger partial charge in [0.25, 0.3) is 0 Å². The van der Waals surface area contributed by atoms with Crippen LogP contribution in [0.3, 0.4) is 0 Å². The van der Waals surface area contributed by atoms with Crippen LogP contribution in [0.4, 0.5) is 0 Å². The fraction of sp³-hybridized carbons (Fsp3) is 0.900. The molecular formula is C20H40. The molecular weight excluding hydrogens is 240 g/mol. The van der Waals surface area contributed by atoms with E-state index in [4.69, 9.17) is 0 Å². The van der Waals surface area contributed by atoms with E-state index in [-0.39, 0.29) is 0 Å². The van der Waals surface area contributed by atoms with E-state index in [1.807, 2.05) is 0 Å². The standard InChI is InChI=1S/C20H40/c1-5-8-10-11-12-13-15-16-19(4)18-20(7-3)17-14-9-6-2/h20H,4-18H2,1-3H3. The third-order valence-electron chi connectivity index (χ3n) is 4.50. The number of hydrogen-bond acceptors (Lipinski definition) is 0. The molecule has 0 N–H and O–H groups in total. The summed E-state index contributed by atoms with van der Waals surface area (Å²) in [6, 6.07) is 0. The Morgan fingerprint density at radius 3 is 1.90 bits per heavy atom. The van der Waals surface area contributed by atoms with Crippen molar-refractivity contribution in [1.29, 1.82) is 0 Å². The topological polar surface area (TPSA) is 0 Å². The Morgan fingerprint density at radius 1 is 0.750 bits per heavy atom. The van der Waals surface area contributed by atoms with Gasteiger partial charge in [-0.25, -0.2) is 0 Å². The highest BCUT2D eigenvalue weighted by atomic mass is 14.1. The van der Waals surface area contributed by atoms with Crippen LogP contribution in [0.15, 0.2) is 12.2 Å². The van der Waals surface area contributed by atoms with Crippen LogP contribution in [-0.4, -0.2) is 0 Å². The number of rotatable bonds is 15. The van der Waals surface area contributed by atoms with Gasteiger partial charge in [-0.1, -0.05) is 104 Å². The smallest absolute Gasteiger partial charge is 0.0295 e. The lowest BCUT2D eigenvalue weighted by Gasteiger charge is -2.16. The molecule has 0 aliphatic rings. The second-order valence-corrected chi connectivity index (χ2v) is 6.60. The minimum atomic E-state index is 0.901. The van der Waals surface area contributed by atoms with Crippen molar-refractivity contribution in [3.8, 4) is 0 Å². The van der Waals surface area contributed by atoms with Crippen molar-refractivity contribution in [2.45, 2.75) is 111 Å². The van der Waals surface area contributed by atoms with Gasteiger partial charge < -0.3 is 0 Å². The molecule has 0 heteroatoms. The lowest BCUT2D eigenvalue weighted by molar-refractivity contribution is 0.435. The summed E-state index contributed by atoms with van der Waals surface area (Å²) < 4.78 is 0. The van der Waals surface area contributed by atoms with Crippen molar-refractivity contribution in [1.82, 2.24) is 0 Å². The maximum absolute atomic E-state index is 4.32. The van der Waals surface area contributed by atoms with Crippen LogP contribution in [0.25, 0.3) is 0 Å². The predicted molar refractivity (Wildman–Crippen MR) is 94.3 cm³/mol. The molecule has 0 nitrogen and oxygen atoms in total. The summed E-state index contributed by atoms with van der Waals surface area (Å²) in [5, 5.41) is 0. The molecule has 1 atom stereocenters. The maximum atomic E-state index is 4.32. The summed E-state index contributed by atoms with van der Waals surface area (Å²) in [5.74, 6) is 0.901. The van der Waals surface area contributed by atoms with Gasteiger partial charge in [-0.05, 0) is 25.2 Å². The van der Waals surface area contributed by atoms with E-state index < -0.39 is 0 Å². The van der Waals surface area contributed by atoms with Crippen LogP contribution < -0.4 is 0 Å². The van der Waals surface area contributed by atoms with Gasteiger partial charge in [0, 0.05) is 0 Å². The van der Waals surface area contributed by atoms with Gasteiger partial charge in [-0.2, -0.15) is 0 Å². The molecule has 0 aromatic heterocycles. The fourth-order valence-electron chi connectivity index (χ4n) is 2.98. The Balaban J connectivity index is 3.50. The molecule has 0 heterocycles. The van der Waals surface area contributed by atoms with E-state index >= 15 is 0 Å². The van der Waals surface area contributed by atoms with Gasteiger partial charge in [-0.15, -0.1) is 0 Å². The molecule has 0 aliphatic heterocycles. The molecule has 0 fully saturated rings. The Kier molecular flexibility index (Phi) is 14.9. The van der Waals surface area contributed by atoms with Crippen LogP contribution in [-0.2, 0) is 0 Å². The highest BCUT2D eigenvalue weighted by Gasteiger charge is 2.07. The minimum Gasteiger partial charge on any atom is -0.0999 e. The molecule has 0 amide bonds. The molecule has 0 radical (unpaired) electrons. The van der Waals surface area contributed by atoms with E-state index in [1.54, 1.807) is 0 Å². The van der Waals surface area contributed by atoms with Crippen LogP contribution in [0.2, 0.25) is 0 Å². The zero-order valence-corrected chi connectivity index (χ0v) is 14.7. The second-order valence-electron chi connectivity index (χ2n) is 6.60. The van der Waals surface area contributed by atoms with Crippen LogP contribution in [0, 0.1) is 5.92 Å². The van der Waals surface area contributed by atoms with Gasteiger partial charge in [0.05, 0.1) is 0 Å². The zero-order chi connectivity index (χ0) is 15.1. The monoisotopic (exact) mass is 280 g/mol. The number of unbranched alkanes of at least 4 members (excludes halogenated alkanes) is 8. The van der Waals surface area contributed by atoms with Gasteiger partial charge in [0.1, 0.15) is 0 Å². The largest absolute Gasteiger partial charge is 0.0999 e. The molecule has 0 bridgehead atoms. The Labute approximate surface area is 129 Å². The van der Waals surface area contributed by atoms with E-state index in [1.165, 1.54) is 95.5 Å². The van der Waals surface area contributed by atoms with Gasteiger partial charge in [0.15, 0.2) is 0 Å². The molecule has 0 saturated carbocycles. The fourth-order valence-corrected chi connectivity index (χ4v) is 2.98. The average molecular weight is 281 g/mol. The van der Waals surface area contributed by atoms with E-state index in [2.05, 4.69) is 27.4 Å². The van der Waals surface area contributed by atoms with E-state index in [0.717, 1.165) is 5.92 Å². The quantitative estimate of drug-likeness (QED) is 0.213. The summed E-state index contributed by atoms with van der Waals surface area (Å²) in [6.45, 7) is 11.2. The summed E-state index contributed by atoms with van der Waals surface area (Å²) in [5.41, 5.74) is 1.52. The highest BCUT2D eigenvalue weighted by molar-refractivity contribution is 4.95. The minimum absolute atomic E-state index is 0.901. The molecule has 0 aromatic rings. The summed E-state index contributed by atoms with van der Waals surface area (Å²) >= 11 is 0. The number of hydrogen-bond donors (Lipinski definition) is 0. The average Bonchev–Trinajstić information content (AvgIpc) is 2.45. The molecule has 20 heavy (non-hydrogen) atoms. The third kappa shape index (κ3) is 12.8. The SMILES string of the molecule is C=C(CCCCCCCCC)CC(CC)CCCCC. The third-order valence-corrected chi connectivity index (χ3v) is 4.50. The van der Waals surface area contributed by atoms with Crippen LogP contribution in [0.1, 0.15) is 111 Å². The predicted octanol–water partition coefficient (Wildman–Crippen LogP) is 7.68. The van der Waals surface area contributed by atoms with E-state index in [9.17, 15) is 0 Å². The van der Waals surface area contributed by atoms with Crippen LogP contribution >= 0.6 is 0 Å². The van der Waals surface area contributed by atoms with Gasteiger partial charge in [-0.3, -0.25) is 0 Å². The van der Waals surface area contributed by atoms with Crippen molar-refractivity contribution in [2.24, 2.45) is 5.92 Å². The Morgan fingerprint density at radius 2 is 1.30 bits per heavy atom. The molecule has 0 aliphatic carbocycles. The number of allylic oxidation sites excluding steroid dienone is 1. The molecule has 0 saturated heterocycles. The molecule has 0 aromatic carbocycles. The second kappa shape index (κ2) is 15.1. The maximum Gasteiger partial charge on any atom is -0.0295 e. The van der Waals surface area contributed by atoms with Crippen molar-refractivity contribution in [3.63, 3.8) is 0 Å². The first-order valence-corrected chi connectivity index (χ1v) is 9.41. The van der Waals surface area contributed by atoms with Crippen molar-refractivity contribution >= 4 is 0 Å². The summed E-state index contributed by atoms with van der Waals surface area (Å²) in [6.07, 6.45) is 19.3. The normalized spacial score (nSPS) is 12.6. The molecule has 0 spiro atoms. The lowest BCUT2D eigenvalue weighted by atomic mass is 9.90. The van der Waals surface area contributed by atoms with Crippen molar-refractivity contribution < 1.29 is 0 Å². The van der Waals surface area contributed by atoms with Crippen molar-refractivity contribution in [3.05, 3.63) is 12.2 Å². The Bertz CT molecular complexity index is 204. The lowest BCUT2D eigenvalue weighted by Crippen LogP contribution is -2.01. The van der Waals surface area contributed by atoms with E-state index in [0.29, 0.717) is 0 Å². The van der Waals surface area contributed by atoms with Gasteiger partial charge >= 0.3 is 0 Å². The first-order chi connectivity index (χ1) is 9.74. The summed E-state index contributed by atoms with van der Waals surface area (Å²) in [4.78, 5) is 0. The molecule has 120 valence electrons. The zero-order valence-electron chi connectivity index (χ0n) is 14.7. The summed E-state index contributed by atoms with van der Waals surface area (Å²) in [7, 11) is 0. The first kappa shape index (κ1) is 19.7.